The molecule has 218 valence electrons. The number of halogens is 3. The van der Waals surface area contributed by atoms with Gasteiger partial charge in [-0.05, 0) is 49.8 Å². The van der Waals surface area contributed by atoms with Crippen molar-refractivity contribution in [3.05, 3.63) is 82.9 Å². The van der Waals surface area contributed by atoms with Crippen molar-refractivity contribution in [2.45, 2.75) is 43.8 Å². The highest BCUT2D eigenvalue weighted by molar-refractivity contribution is 6.18. The minimum atomic E-state index is -4.51. The third-order valence-electron chi connectivity index (χ3n) is 8.83. The average Bonchev–Trinajstić information content (AvgIpc) is 3.88. The van der Waals surface area contributed by atoms with E-state index in [1.807, 2.05) is 29.2 Å². The van der Waals surface area contributed by atoms with Crippen molar-refractivity contribution in [2.24, 2.45) is 17.8 Å². The molecule has 0 spiro atoms. The molecule has 7 rings (SSSR count). The van der Waals surface area contributed by atoms with Gasteiger partial charge in [0.1, 0.15) is 17.0 Å². The van der Waals surface area contributed by atoms with Gasteiger partial charge < -0.3 is 19.4 Å². The van der Waals surface area contributed by atoms with Crippen LogP contribution in [0.1, 0.15) is 48.5 Å². The van der Waals surface area contributed by atoms with Gasteiger partial charge in [0.05, 0.1) is 17.5 Å². The summed E-state index contributed by atoms with van der Waals surface area (Å²) in [6.45, 7) is 2.17. The second-order valence-corrected chi connectivity index (χ2v) is 12.0. The molecule has 3 heterocycles. The van der Waals surface area contributed by atoms with E-state index in [0.717, 1.165) is 57.1 Å². The molecule has 2 unspecified atom stereocenters. The van der Waals surface area contributed by atoms with Gasteiger partial charge in [-0.15, -0.1) is 0 Å². The molecular weight excluding hydrogens is 547 g/mol. The Morgan fingerprint density at radius 3 is 2.60 bits per heavy atom. The lowest BCUT2D eigenvalue weighted by Gasteiger charge is -2.44. The second-order valence-electron chi connectivity index (χ2n) is 12.0. The van der Waals surface area contributed by atoms with Crippen LogP contribution in [0.2, 0.25) is 0 Å². The van der Waals surface area contributed by atoms with Crippen LogP contribution in [0.15, 0.2) is 70.6 Å². The predicted octanol–water partition coefficient (Wildman–Crippen LogP) is 5.88. The van der Waals surface area contributed by atoms with Crippen LogP contribution in [0.3, 0.4) is 0 Å². The summed E-state index contributed by atoms with van der Waals surface area (Å²) in [5.41, 5.74) is 0.939. The molecule has 0 bridgehead atoms. The third-order valence-corrected chi connectivity index (χ3v) is 8.83. The maximum atomic E-state index is 13.8. The largest absolute Gasteiger partial charge is 0.478 e. The number of aliphatic carboxylic acids is 1. The topological polar surface area (TPSA) is 86.9 Å². The van der Waals surface area contributed by atoms with E-state index >= 15 is 0 Å². The van der Waals surface area contributed by atoms with Gasteiger partial charge in [0.25, 0.3) is 0 Å². The zero-order chi connectivity index (χ0) is 29.2. The Bertz CT molecular complexity index is 1550. The van der Waals surface area contributed by atoms with Crippen molar-refractivity contribution in [1.82, 2.24) is 15.0 Å². The maximum Gasteiger partial charge on any atom is 0.417 e. The first-order chi connectivity index (χ1) is 20.2. The minimum absolute atomic E-state index is 0.0143. The van der Waals surface area contributed by atoms with Gasteiger partial charge in [-0.3, -0.25) is 4.79 Å². The lowest BCUT2D eigenvalue weighted by molar-refractivity contribution is -0.137. The lowest BCUT2D eigenvalue weighted by atomic mass is 9.82. The van der Waals surface area contributed by atoms with Crippen LogP contribution in [0.25, 0.3) is 17.3 Å². The lowest BCUT2D eigenvalue weighted by Crippen LogP contribution is -2.49. The minimum Gasteiger partial charge on any atom is -0.478 e. The van der Waals surface area contributed by atoms with E-state index < -0.39 is 23.6 Å². The monoisotopic (exact) mass is 577 g/mol. The van der Waals surface area contributed by atoms with E-state index in [1.54, 1.807) is 6.07 Å². The van der Waals surface area contributed by atoms with Gasteiger partial charge in [-0.2, -0.15) is 13.2 Å². The summed E-state index contributed by atoms with van der Waals surface area (Å²) in [6, 6.07) is 5.24. The Hall–Kier alpha value is -4.08. The number of carbonyl (C=O) groups excluding carboxylic acids is 1. The normalized spacial score (nSPS) is 24.5. The Labute approximate surface area is 240 Å². The number of hydrogen-bond acceptors (Lipinski definition) is 6. The number of carbonyl (C=O) groups is 2. The first-order valence-corrected chi connectivity index (χ1v) is 14.4. The summed E-state index contributed by atoms with van der Waals surface area (Å²) in [6.07, 6.45) is 10.8. The molecule has 5 aliphatic rings. The zero-order valence-electron chi connectivity index (χ0n) is 22.8. The van der Waals surface area contributed by atoms with Crippen LogP contribution in [0.5, 0.6) is 0 Å². The first-order valence-electron chi connectivity index (χ1n) is 14.4. The van der Waals surface area contributed by atoms with Gasteiger partial charge in [0, 0.05) is 54.5 Å². The van der Waals surface area contributed by atoms with Crippen LogP contribution < -0.4 is 0 Å². The molecule has 3 fully saturated rings. The Morgan fingerprint density at radius 1 is 1.14 bits per heavy atom. The number of allylic oxidation sites excluding steroid dienone is 1. The van der Waals surface area contributed by atoms with E-state index in [-0.39, 0.29) is 40.5 Å². The highest BCUT2D eigenvalue weighted by atomic mass is 19.4. The van der Waals surface area contributed by atoms with Crippen molar-refractivity contribution >= 4 is 17.8 Å². The number of rotatable bonds is 8. The fourth-order valence-electron chi connectivity index (χ4n) is 6.15. The number of carboxylic acids is 1. The molecule has 2 aliphatic heterocycles. The molecule has 1 saturated heterocycles. The van der Waals surface area contributed by atoms with E-state index in [4.69, 9.17) is 4.52 Å². The standard InChI is InChI=1S/C32H30F3N3O4/c33-32(34,35)26-4-2-1-3-22(26)28-24(30(42-36-28)20-8-9-20)11-7-19-15-37(16-19)21-10-12-23-27(13-21)38(14-18-5-6-18)17-25(29(23)39)31(40)41/h1-4,7,10-13,17-20,23,27H,5-6,8-9,14-16H2,(H,40,41)/b11-7+. The van der Waals surface area contributed by atoms with Gasteiger partial charge in [-0.25, -0.2) is 4.79 Å². The van der Waals surface area contributed by atoms with Crippen molar-refractivity contribution in [3.8, 4) is 11.3 Å². The third kappa shape index (κ3) is 4.97. The number of nitrogens with zero attached hydrogens (tertiary/aromatic N) is 3. The van der Waals surface area contributed by atoms with E-state index in [9.17, 15) is 27.9 Å². The molecule has 3 aliphatic carbocycles. The highest BCUT2D eigenvalue weighted by Crippen LogP contribution is 2.46. The fourth-order valence-corrected chi connectivity index (χ4v) is 6.15. The molecule has 10 heteroatoms. The van der Waals surface area contributed by atoms with Crippen LogP contribution in [-0.2, 0) is 15.8 Å². The number of alkyl halides is 3. The summed E-state index contributed by atoms with van der Waals surface area (Å²) in [5.74, 6) is -0.546. The summed E-state index contributed by atoms with van der Waals surface area (Å²) in [7, 11) is 0. The SMILES string of the molecule is O=C(O)C1=CN(CC2CC2)C2C=C(N3CC(/C=C/c4c(-c5ccccc5C(F)(F)F)noc4C4CC4)C3)C=CC2C1=O. The molecule has 2 saturated carbocycles. The van der Waals surface area contributed by atoms with Crippen molar-refractivity contribution in [2.75, 3.05) is 19.6 Å². The van der Waals surface area contributed by atoms with Crippen LogP contribution in [0.4, 0.5) is 13.2 Å². The number of carboxylic acid groups (broad SMARTS) is 1. The summed E-state index contributed by atoms with van der Waals surface area (Å²) in [5, 5.41) is 13.7. The Morgan fingerprint density at radius 2 is 1.90 bits per heavy atom. The summed E-state index contributed by atoms with van der Waals surface area (Å²) < 4.78 is 46.9. The van der Waals surface area contributed by atoms with Gasteiger partial charge in [0.2, 0.25) is 0 Å². The average molecular weight is 578 g/mol. The molecule has 7 nitrogen and oxygen atoms in total. The molecule has 42 heavy (non-hydrogen) atoms. The van der Waals surface area contributed by atoms with Gasteiger partial charge in [0.15, 0.2) is 5.78 Å². The first kappa shape index (κ1) is 26.8. The predicted molar refractivity (Wildman–Crippen MR) is 148 cm³/mol. The number of aromatic nitrogens is 1. The Kier molecular flexibility index (Phi) is 6.40. The number of ketones is 1. The van der Waals surface area contributed by atoms with Crippen LogP contribution in [0, 0.1) is 17.8 Å². The number of benzene rings is 1. The van der Waals surface area contributed by atoms with E-state index in [2.05, 4.69) is 16.1 Å². The van der Waals surface area contributed by atoms with E-state index in [1.165, 1.54) is 18.3 Å². The second kappa shape index (κ2) is 10.0. The quantitative estimate of drug-likeness (QED) is 0.392. The smallest absolute Gasteiger partial charge is 0.417 e. The highest BCUT2D eigenvalue weighted by Gasteiger charge is 2.42. The number of fused-ring (bicyclic) bond motifs is 1. The van der Waals surface area contributed by atoms with Crippen molar-refractivity contribution < 1.29 is 32.4 Å². The number of likely N-dealkylation sites (tertiary alicyclic amines) is 1. The van der Waals surface area contributed by atoms with Crippen LogP contribution in [-0.4, -0.2) is 57.5 Å². The van der Waals surface area contributed by atoms with Crippen molar-refractivity contribution in [3.63, 3.8) is 0 Å². The number of hydrogen-bond donors (Lipinski definition) is 1. The molecule has 0 radical (unpaired) electrons. The molecule has 1 N–H and O–H groups in total. The molecule has 2 atom stereocenters. The molecule has 1 aromatic carbocycles. The molecule has 1 aromatic heterocycles. The zero-order valence-corrected chi connectivity index (χ0v) is 22.8. The van der Waals surface area contributed by atoms with Gasteiger partial charge >= 0.3 is 12.1 Å². The van der Waals surface area contributed by atoms with Crippen LogP contribution >= 0.6 is 0 Å². The van der Waals surface area contributed by atoms with Crippen molar-refractivity contribution in [1.29, 1.82) is 0 Å². The fraction of sp³-hybridized carbons (Fsp3) is 0.406. The van der Waals surface area contributed by atoms with Gasteiger partial charge in [-0.1, -0.05) is 41.6 Å². The Balaban J connectivity index is 1.09. The number of Topliss-reactive ketones (excluding diaryl/α,β-unsaturated/α-hetero) is 1. The maximum absolute atomic E-state index is 13.8. The summed E-state index contributed by atoms with van der Waals surface area (Å²) in [4.78, 5) is 28.8. The molecular formula is C32H30F3N3O4. The summed E-state index contributed by atoms with van der Waals surface area (Å²) >= 11 is 0. The van der Waals surface area contributed by atoms with E-state index in [0.29, 0.717) is 17.2 Å². The molecule has 0 amide bonds. The molecule has 2 aromatic rings.